The minimum Gasteiger partial charge on any atom is -0.382 e. The molecular formula is C21H21F3N4O5. The molecule has 3 aromatic rings. The fourth-order valence-electron chi connectivity index (χ4n) is 3.39. The van der Waals surface area contributed by atoms with Crippen molar-refractivity contribution in [2.45, 2.75) is 38.7 Å². The van der Waals surface area contributed by atoms with Crippen molar-refractivity contribution >= 4 is 16.8 Å². The van der Waals surface area contributed by atoms with Gasteiger partial charge in [-0.1, -0.05) is 32.0 Å². The van der Waals surface area contributed by atoms with E-state index in [1.807, 2.05) is 0 Å². The molecule has 2 aromatic heterocycles. The second-order valence-corrected chi connectivity index (χ2v) is 7.77. The molecule has 176 valence electrons. The van der Waals surface area contributed by atoms with E-state index in [1.54, 1.807) is 18.2 Å². The molecule has 0 spiro atoms. The van der Waals surface area contributed by atoms with E-state index in [0.29, 0.717) is 0 Å². The van der Waals surface area contributed by atoms with Gasteiger partial charge in [0.05, 0.1) is 17.1 Å². The van der Waals surface area contributed by atoms with Gasteiger partial charge in [-0.2, -0.15) is 13.2 Å². The van der Waals surface area contributed by atoms with Gasteiger partial charge in [0.25, 0.3) is 11.1 Å². The van der Waals surface area contributed by atoms with E-state index in [9.17, 15) is 37.5 Å². The number of nitrogens with one attached hydrogen (secondary N) is 2. The minimum absolute atomic E-state index is 0.104. The SMILES string of the molecule is CC(C)C(NC(=O)Cn1ccc2c(=O)n(-c3ccccc3)c(=O)[nH]c2c1=O)C(O)C(F)(F)F. The second kappa shape index (κ2) is 9.06. The number of aromatic nitrogens is 3. The number of fused-ring (bicyclic) bond motifs is 1. The number of halogens is 3. The van der Waals surface area contributed by atoms with Gasteiger partial charge in [-0.15, -0.1) is 0 Å². The zero-order valence-corrected chi connectivity index (χ0v) is 17.6. The third-order valence-electron chi connectivity index (χ3n) is 5.08. The number of carbonyl (C=O) groups excluding carboxylic acids is 1. The van der Waals surface area contributed by atoms with Crippen LogP contribution >= 0.6 is 0 Å². The zero-order chi connectivity index (χ0) is 24.5. The molecule has 0 aliphatic rings. The molecule has 0 aliphatic heterocycles. The molecule has 2 heterocycles. The molecule has 3 rings (SSSR count). The molecule has 3 N–H and O–H groups in total. The van der Waals surface area contributed by atoms with Gasteiger partial charge in [0.2, 0.25) is 5.91 Å². The summed E-state index contributed by atoms with van der Waals surface area (Å²) in [5.74, 6) is -1.72. The average Bonchev–Trinajstić information content (AvgIpc) is 2.74. The number of pyridine rings is 1. The number of aromatic amines is 1. The van der Waals surface area contributed by atoms with Crippen LogP contribution in [-0.4, -0.2) is 43.5 Å². The van der Waals surface area contributed by atoms with Gasteiger partial charge >= 0.3 is 11.9 Å². The maximum atomic E-state index is 12.9. The van der Waals surface area contributed by atoms with Crippen LogP contribution in [0.3, 0.4) is 0 Å². The summed E-state index contributed by atoms with van der Waals surface area (Å²) in [4.78, 5) is 52.7. The van der Waals surface area contributed by atoms with E-state index in [2.05, 4.69) is 10.3 Å². The van der Waals surface area contributed by atoms with E-state index < -0.39 is 53.5 Å². The minimum atomic E-state index is -4.94. The first-order valence-corrected chi connectivity index (χ1v) is 9.90. The standard InChI is InChI=1S/C21H21F3N4O5/c1-11(2)15(17(30)21(22,23)24)25-14(29)10-27-9-8-13-16(19(27)32)26-20(33)28(18(13)31)12-6-4-3-5-7-12/h3-9,11,15,17,30H,10H2,1-2H3,(H,25,29)(H,26,33). The third-order valence-corrected chi connectivity index (χ3v) is 5.08. The summed E-state index contributed by atoms with van der Waals surface area (Å²) >= 11 is 0. The monoisotopic (exact) mass is 466 g/mol. The van der Waals surface area contributed by atoms with Gasteiger partial charge in [0.15, 0.2) is 6.10 Å². The molecule has 1 aromatic carbocycles. The van der Waals surface area contributed by atoms with Gasteiger partial charge in [0, 0.05) is 6.20 Å². The number of aliphatic hydroxyl groups excluding tert-OH is 1. The lowest BCUT2D eigenvalue weighted by Crippen LogP contribution is -2.53. The number of rotatable bonds is 6. The number of aliphatic hydroxyl groups is 1. The largest absolute Gasteiger partial charge is 0.416 e. The summed E-state index contributed by atoms with van der Waals surface area (Å²) in [7, 11) is 0. The summed E-state index contributed by atoms with van der Waals surface area (Å²) in [6.45, 7) is 2.10. The number of para-hydroxylation sites is 1. The van der Waals surface area contributed by atoms with Crippen molar-refractivity contribution in [3.8, 4) is 5.69 Å². The third kappa shape index (κ3) is 4.90. The van der Waals surface area contributed by atoms with E-state index in [0.717, 1.165) is 15.3 Å². The van der Waals surface area contributed by atoms with Gasteiger partial charge in [-0.05, 0) is 24.1 Å². The van der Waals surface area contributed by atoms with Crippen molar-refractivity contribution in [2.75, 3.05) is 0 Å². The summed E-state index contributed by atoms with van der Waals surface area (Å²) in [5, 5.41) is 11.5. The first kappa shape index (κ1) is 24.0. The number of hydrogen-bond acceptors (Lipinski definition) is 5. The van der Waals surface area contributed by atoms with Gasteiger partial charge in [0.1, 0.15) is 12.1 Å². The zero-order valence-electron chi connectivity index (χ0n) is 17.6. The topological polar surface area (TPSA) is 126 Å². The Bertz CT molecular complexity index is 1340. The number of nitrogens with zero attached hydrogens (tertiary/aromatic N) is 2. The van der Waals surface area contributed by atoms with Crippen LogP contribution in [0.25, 0.3) is 16.6 Å². The first-order chi connectivity index (χ1) is 15.4. The molecule has 2 atom stereocenters. The number of alkyl halides is 3. The second-order valence-electron chi connectivity index (χ2n) is 7.77. The molecular weight excluding hydrogens is 445 g/mol. The fraction of sp³-hybridized carbons (Fsp3) is 0.333. The summed E-state index contributed by atoms with van der Waals surface area (Å²) < 4.78 is 40.4. The van der Waals surface area contributed by atoms with Crippen LogP contribution in [0, 0.1) is 5.92 Å². The first-order valence-electron chi connectivity index (χ1n) is 9.90. The molecule has 0 radical (unpaired) electrons. The van der Waals surface area contributed by atoms with Crippen molar-refractivity contribution in [3.05, 3.63) is 73.8 Å². The molecule has 9 nitrogen and oxygen atoms in total. The van der Waals surface area contributed by atoms with Crippen molar-refractivity contribution in [1.82, 2.24) is 19.4 Å². The van der Waals surface area contributed by atoms with Crippen molar-refractivity contribution in [1.29, 1.82) is 0 Å². The highest BCUT2D eigenvalue weighted by molar-refractivity contribution is 5.79. The smallest absolute Gasteiger partial charge is 0.382 e. The van der Waals surface area contributed by atoms with Crippen molar-refractivity contribution < 1.29 is 23.1 Å². The lowest BCUT2D eigenvalue weighted by atomic mass is 9.98. The summed E-state index contributed by atoms with van der Waals surface area (Å²) in [6, 6.07) is 7.62. The Morgan fingerprint density at radius 1 is 1.09 bits per heavy atom. The maximum Gasteiger partial charge on any atom is 0.416 e. The number of amides is 1. The Labute approximate surface area is 184 Å². The van der Waals surface area contributed by atoms with Gasteiger partial charge in [-0.25, -0.2) is 9.36 Å². The molecule has 0 aliphatic carbocycles. The van der Waals surface area contributed by atoms with Crippen LogP contribution in [0.1, 0.15) is 13.8 Å². The molecule has 0 fully saturated rings. The summed E-state index contributed by atoms with van der Waals surface area (Å²) in [6.07, 6.45) is -6.60. The molecule has 33 heavy (non-hydrogen) atoms. The Morgan fingerprint density at radius 3 is 2.30 bits per heavy atom. The number of benzene rings is 1. The maximum absolute atomic E-state index is 12.9. The number of hydrogen-bond donors (Lipinski definition) is 3. The van der Waals surface area contributed by atoms with Gasteiger partial charge in [-0.3, -0.25) is 14.4 Å². The van der Waals surface area contributed by atoms with Crippen LogP contribution in [0.5, 0.6) is 0 Å². The Morgan fingerprint density at radius 2 is 1.73 bits per heavy atom. The quantitative estimate of drug-likeness (QED) is 0.498. The highest BCUT2D eigenvalue weighted by Crippen LogP contribution is 2.25. The lowest BCUT2D eigenvalue weighted by molar-refractivity contribution is -0.215. The van der Waals surface area contributed by atoms with Crippen LogP contribution in [-0.2, 0) is 11.3 Å². The predicted octanol–water partition coefficient (Wildman–Crippen LogP) is 0.905. The summed E-state index contributed by atoms with van der Waals surface area (Å²) in [5.41, 5.74) is -2.55. The lowest BCUT2D eigenvalue weighted by Gasteiger charge is -2.28. The molecule has 0 saturated carbocycles. The van der Waals surface area contributed by atoms with E-state index in [-0.39, 0.29) is 16.6 Å². The van der Waals surface area contributed by atoms with Crippen LogP contribution < -0.4 is 22.1 Å². The van der Waals surface area contributed by atoms with Gasteiger partial charge < -0.3 is 20.0 Å². The normalized spacial score (nSPS) is 13.8. The molecule has 2 unspecified atom stereocenters. The molecule has 1 amide bonds. The predicted molar refractivity (Wildman–Crippen MR) is 113 cm³/mol. The highest BCUT2D eigenvalue weighted by atomic mass is 19.4. The van der Waals surface area contributed by atoms with E-state index >= 15 is 0 Å². The van der Waals surface area contributed by atoms with E-state index in [1.165, 1.54) is 32.0 Å². The van der Waals surface area contributed by atoms with Crippen LogP contribution in [0.4, 0.5) is 13.2 Å². The highest BCUT2D eigenvalue weighted by Gasteiger charge is 2.45. The van der Waals surface area contributed by atoms with Crippen LogP contribution in [0.15, 0.2) is 57.0 Å². The molecule has 12 heteroatoms. The Balaban J connectivity index is 1.95. The Hall–Kier alpha value is -3.67. The number of H-pyrrole nitrogens is 1. The molecule has 0 saturated heterocycles. The average molecular weight is 466 g/mol. The number of carbonyl (C=O) groups is 1. The van der Waals surface area contributed by atoms with E-state index in [4.69, 9.17) is 0 Å². The molecule has 0 bridgehead atoms. The fourth-order valence-corrected chi connectivity index (χ4v) is 3.39. The van der Waals surface area contributed by atoms with Crippen molar-refractivity contribution in [3.63, 3.8) is 0 Å². The Kier molecular flexibility index (Phi) is 6.58. The van der Waals surface area contributed by atoms with Crippen LogP contribution in [0.2, 0.25) is 0 Å². The van der Waals surface area contributed by atoms with Crippen molar-refractivity contribution in [2.24, 2.45) is 5.92 Å².